The summed E-state index contributed by atoms with van der Waals surface area (Å²) >= 11 is 0. The van der Waals surface area contributed by atoms with Crippen molar-refractivity contribution in [3.63, 3.8) is 0 Å². The van der Waals surface area contributed by atoms with Crippen molar-refractivity contribution in [2.45, 2.75) is 20.8 Å². The van der Waals surface area contributed by atoms with E-state index in [1.54, 1.807) is 48.5 Å². The molecule has 4 aromatic rings. The van der Waals surface area contributed by atoms with Gasteiger partial charge in [-0.2, -0.15) is 0 Å². The van der Waals surface area contributed by atoms with Crippen LogP contribution >= 0.6 is 0 Å². The summed E-state index contributed by atoms with van der Waals surface area (Å²) in [5.74, 6) is -0.701. The van der Waals surface area contributed by atoms with E-state index in [-0.39, 0.29) is 11.5 Å². The SMILES string of the molecule is Cc1cc(C)c(C(OC(=O)c2ccccc2)=C(OC(=O)c2ccccc2)c2ccccc2)c(C)c1. The van der Waals surface area contributed by atoms with E-state index in [1.807, 2.05) is 75.4 Å². The molecule has 0 saturated heterocycles. The van der Waals surface area contributed by atoms with Gasteiger partial charge in [-0.15, -0.1) is 0 Å². The highest BCUT2D eigenvalue weighted by molar-refractivity contribution is 6.01. The Labute approximate surface area is 205 Å². The zero-order valence-electron chi connectivity index (χ0n) is 19.9. The molecule has 4 aromatic carbocycles. The number of hydrogen-bond acceptors (Lipinski definition) is 4. The molecule has 4 nitrogen and oxygen atoms in total. The number of aryl methyl sites for hydroxylation is 3. The van der Waals surface area contributed by atoms with E-state index >= 15 is 0 Å². The monoisotopic (exact) mass is 462 g/mol. The second kappa shape index (κ2) is 10.7. The Morgan fingerprint density at radius 3 is 1.31 bits per heavy atom. The lowest BCUT2D eigenvalue weighted by Gasteiger charge is -2.20. The van der Waals surface area contributed by atoms with Crippen LogP contribution in [0.2, 0.25) is 0 Å². The highest BCUT2D eigenvalue weighted by atomic mass is 16.6. The molecule has 0 aromatic heterocycles. The lowest BCUT2D eigenvalue weighted by molar-refractivity contribution is 0.0646. The van der Waals surface area contributed by atoms with E-state index in [4.69, 9.17) is 9.47 Å². The fourth-order valence-corrected chi connectivity index (χ4v) is 4.03. The fourth-order valence-electron chi connectivity index (χ4n) is 4.03. The van der Waals surface area contributed by atoms with Crippen molar-refractivity contribution in [2.24, 2.45) is 0 Å². The van der Waals surface area contributed by atoms with E-state index in [0.717, 1.165) is 16.7 Å². The summed E-state index contributed by atoms with van der Waals surface area (Å²) in [4.78, 5) is 26.4. The van der Waals surface area contributed by atoms with Crippen LogP contribution in [0, 0.1) is 20.8 Å². The minimum Gasteiger partial charge on any atom is -0.418 e. The van der Waals surface area contributed by atoms with Gasteiger partial charge in [-0.3, -0.25) is 0 Å². The first kappa shape index (κ1) is 23.7. The van der Waals surface area contributed by atoms with Gasteiger partial charge in [0.2, 0.25) is 0 Å². The number of esters is 2. The van der Waals surface area contributed by atoms with E-state index in [2.05, 4.69) is 0 Å². The lowest BCUT2D eigenvalue weighted by atomic mass is 9.96. The number of carbonyl (C=O) groups is 2. The minimum atomic E-state index is -0.542. The molecule has 4 heteroatoms. The van der Waals surface area contributed by atoms with Crippen molar-refractivity contribution in [2.75, 3.05) is 0 Å². The summed E-state index contributed by atoms with van der Waals surface area (Å²) in [5.41, 5.74) is 5.01. The molecule has 0 heterocycles. The molecule has 0 aliphatic rings. The van der Waals surface area contributed by atoms with Crippen LogP contribution < -0.4 is 0 Å². The van der Waals surface area contributed by atoms with Crippen LogP contribution in [0.4, 0.5) is 0 Å². The molecular weight excluding hydrogens is 436 g/mol. The second-order valence-corrected chi connectivity index (χ2v) is 8.31. The average Bonchev–Trinajstić information content (AvgIpc) is 2.87. The summed E-state index contributed by atoms with van der Waals surface area (Å²) < 4.78 is 12.0. The summed E-state index contributed by atoms with van der Waals surface area (Å²) in [5, 5.41) is 0. The maximum atomic E-state index is 13.2. The van der Waals surface area contributed by atoms with Crippen molar-refractivity contribution < 1.29 is 19.1 Å². The molecule has 4 rings (SSSR count). The summed E-state index contributed by atoms with van der Waals surface area (Å²) in [7, 11) is 0. The molecule has 0 amide bonds. The Bertz CT molecular complexity index is 1350. The number of carbonyl (C=O) groups excluding carboxylic acids is 2. The molecule has 0 bridgehead atoms. The quantitative estimate of drug-likeness (QED) is 0.173. The zero-order chi connectivity index (χ0) is 24.8. The van der Waals surface area contributed by atoms with Gasteiger partial charge < -0.3 is 9.47 Å². The summed E-state index contributed by atoms with van der Waals surface area (Å²) in [6.07, 6.45) is 0. The first-order chi connectivity index (χ1) is 16.9. The van der Waals surface area contributed by atoms with Crippen molar-refractivity contribution >= 4 is 23.5 Å². The van der Waals surface area contributed by atoms with Gasteiger partial charge in [0.15, 0.2) is 11.5 Å². The number of rotatable bonds is 6. The summed E-state index contributed by atoms with van der Waals surface area (Å²) in [6.45, 7) is 5.91. The summed E-state index contributed by atoms with van der Waals surface area (Å²) in [6, 6.07) is 30.7. The highest BCUT2D eigenvalue weighted by Crippen LogP contribution is 2.34. The van der Waals surface area contributed by atoms with Gasteiger partial charge in [-0.1, -0.05) is 84.4 Å². The van der Waals surface area contributed by atoms with Crippen molar-refractivity contribution in [1.29, 1.82) is 0 Å². The topological polar surface area (TPSA) is 52.6 Å². The Kier molecular flexibility index (Phi) is 7.22. The molecule has 0 aliphatic carbocycles. The molecule has 35 heavy (non-hydrogen) atoms. The van der Waals surface area contributed by atoms with Crippen LogP contribution in [-0.2, 0) is 9.47 Å². The molecule has 0 unspecified atom stereocenters. The molecule has 0 radical (unpaired) electrons. The third kappa shape index (κ3) is 5.56. The third-order valence-corrected chi connectivity index (χ3v) is 5.55. The van der Waals surface area contributed by atoms with E-state index in [0.29, 0.717) is 22.3 Å². The van der Waals surface area contributed by atoms with Gasteiger partial charge in [0.25, 0.3) is 0 Å². The normalized spacial score (nSPS) is 11.4. The van der Waals surface area contributed by atoms with E-state index in [1.165, 1.54) is 0 Å². The van der Waals surface area contributed by atoms with Crippen LogP contribution in [0.25, 0.3) is 11.5 Å². The van der Waals surface area contributed by atoms with E-state index in [9.17, 15) is 9.59 Å². The molecule has 0 fully saturated rings. The predicted molar refractivity (Wildman–Crippen MR) is 138 cm³/mol. The Morgan fingerprint density at radius 2 is 0.886 bits per heavy atom. The average molecular weight is 463 g/mol. The highest BCUT2D eigenvalue weighted by Gasteiger charge is 2.25. The van der Waals surface area contributed by atoms with Crippen LogP contribution in [0.3, 0.4) is 0 Å². The first-order valence-corrected chi connectivity index (χ1v) is 11.4. The fraction of sp³-hybridized carbons (Fsp3) is 0.0968. The Morgan fingerprint density at radius 1 is 0.514 bits per heavy atom. The van der Waals surface area contributed by atoms with Crippen molar-refractivity contribution in [3.8, 4) is 0 Å². The largest absolute Gasteiger partial charge is 0.418 e. The van der Waals surface area contributed by atoms with Gasteiger partial charge in [-0.05, 0) is 56.2 Å². The maximum absolute atomic E-state index is 13.2. The first-order valence-electron chi connectivity index (χ1n) is 11.4. The standard InChI is InChI=1S/C31H26O4/c1-21-19-22(2)27(23(3)20-21)29(35-31(33)26-17-11-6-12-18-26)28(24-13-7-4-8-14-24)34-30(32)25-15-9-5-10-16-25/h4-20H,1-3H3. The Balaban J connectivity index is 1.93. The molecule has 0 atom stereocenters. The van der Waals surface area contributed by atoms with Crippen LogP contribution in [0.1, 0.15) is 48.5 Å². The molecule has 174 valence electrons. The molecule has 0 saturated carbocycles. The zero-order valence-corrected chi connectivity index (χ0v) is 19.9. The van der Waals surface area contributed by atoms with Crippen molar-refractivity contribution in [1.82, 2.24) is 0 Å². The van der Waals surface area contributed by atoms with Gasteiger partial charge in [0.05, 0.1) is 11.1 Å². The molecule has 0 N–H and O–H groups in total. The minimum absolute atomic E-state index is 0.179. The predicted octanol–water partition coefficient (Wildman–Crippen LogP) is 7.15. The van der Waals surface area contributed by atoms with Gasteiger partial charge in [0, 0.05) is 11.1 Å². The van der Waals surface area contributed by atoms with Gasteiger partial charge >= 0.3 is 11.9 Å². The lowest BCUT2D eigenvalue weighted by Crippen LogP contribution is -2.12. The smallest absolute Gasteiger partial charge is 0.343 e. The van der Waals surface area contributed by atoms with Crippen molar-refractivity contribution in [3.05, 3.63) is 142 Å². The van der Waals surface area contributed by atoms with Crippen LogP contribution in [0.15, 0.2) is 103 Å². The molecule has 0 spiro atoms. The molecule has 0 aliphatic heterocycles. The number of ether oxygens (including phenoxy) is 2. The van der Waals surface area contributed by atoms with Gasteiger partial charge in [0.1, 0.15) is 0 Å². The second-order valence-electron chi connectivity index (χ2n) is 8.31. The van der Waals surface area contributed by atoms with Crippen LogP contribution in [0.5, 0.6) is 0 Å². The third-order valence-electron chi connectivity index (χ3n) is 5.55. The van der Waals surface area contributed by atoms with Crippen LogP contribution in [-0.4, -0.2) is 11.9 Å². The molecular formula is C31H26O4. The van der Waals surface area contributed by atoms with Gasteiger partial charge in [-0.25, -0.2) is 9.59 Å². The number of benzene rings is 4. The maximum Gasteiger partial charge on any atom is 0.343 e. The Hall–Kier alpha value is -4.44. The van der Waals surface area contributed by atoms with E-state index < -0.39 is 11.9 Å². The number of hydrogen-bond donors (Lipinski definition) is 0.